The highest BCUT2D eigenvalue weighted by Gasteiger charge is 2.35. The van der Waals surface area contributed by atoms with E-state index in [1.165, 1.54) is 11.0 Å². The zero-order valence-corrected chi connectivity index (χ0v) is 10.5. The van der Waals surface area contributed by atoms with Crippen LogP contribution in [0.2, 0.25) is 0 Å². The fourth-order valence-electron chi connectivity index (χ4n) is 1.89. The number of carbonyl (C=O) groups excluding carboxylic acids is 2. The molecular weight excluding hydrogens is 288 g/mol. The number of hydrogen-bond acceptors (Lipinski definition) is 3. The molecule has 1 heterocycles. The van der Waals surface area contributed by atoms with Crippen LogP contribution in [0.3, 0.4) is 0 Å². The van der Waals surface area contributed by atoms with E-state index < -0.39 is 11.8 Å². The van der Waals surface area contributed by atoms with Gasteiger partial charge in [0, 0.05) is 17.4 Å². The van der Waals surface area contributed by atoms with E-state index in [2.05, 4.69) is 15.9 Å². The molecule has 1 saturated heterocycles. The van der Waals surface area contributed by atoms with Gasteiger partial charge in [-0.3, -0.25) is 9.59 Å². The van der Waals surface area contributed by atoms with Crippen molar-refractivity contribution in [1.29, 1.82) is 0 Å². The Kier molecular flexibility index (Phi) is 3.06. The molecule has 0 aliphatic carbocycles. The number of nitrogens with zero attached hydrogens (tertiary/aromatic N) is 1. The molecule has 1 atom stereocenters. The Morgan fingerprint density at radius 1 is 1.53 bits per heavy atom. The molecule has 5 nitrogen and oxygen atoms in total. The molecule has 1 aromatic rings. The number of anilines is 1. The minimum absolute atomic E-state index is 0.00199. The van der Waals surface area contributed by atoms with Gasteiger partial charge in [-0.05, 0) is 28.1 Å². The van der Waals surface area contributed by atoms with E-state index in [9.17, 15) is 14.7 Å². The van der Waals surface area contributed by atoms with Crippen molar-refractivity contribution in [2.45, 2.75) is 6.42 Å². The highest BCUT2D eigenvalue weighted by Crippen LogP contribution is 2.38. The normalized spacial score (nSPS) is 19.7. The number of carbonyl (C=O) groups is 2. The molecule has 17 heavy (non-hydrogen) atoms. The van der Waals surface area contributed by atoms with Crippen molar-refractivity contribution in [1.82, 2.24) is 0 Å². The van der Waals surface area contributed by atoms with Crippen LogP contribution in [0.15, 0.2) is 22.7 Å². The van der Waals surface area contributed by atoms with Gasteiger partial charge in [-0.2, -0.15) is 0 Å². The lowest BCUT2D eigenvalue weighted by Crippen LogP contribution is -2.28. The fourth-order valence-corrected chi connectivity index (χ4v) is 2.46. The monoisotopic (exact) mass is 298 g/mol. The fraction of sp³-hybridized carbons (Fsp3) is 0.273. The SMILES string of the molecule is NC(=O)C1CC(=O)N(c2c(O)cccc2Br)C1. The second kappa shape index (κ2) is 4.37. The van der Waals surface area contributed by atoms with Crippen LogP contribution in [-0.2, 0) is 9.59 Å². The summed E-state index contributed by atoms with van der Waals surface area (Å²) in [6.45, 7) is 0.213. The molecule has 1 aliphatic rings. The van der Waals surface area contributed by atoms with Gasteiger partial charge < -0.3 is 15.7 Å². The van der Waals surface area contributed by atoms with Crippen molar-refractivity contribution in [3.05, 3.63) is 22.7 Å². The number of primary amides is 1. The highest BCUT2D eigenvalue weighted by atomic mass is 79.9. The van der Waals surface area contributed by atoms with E-state index in [4.69, 9.17) is 5.73 Å². The van der Waals surface area contributed by atoms with Crippen molar-refractivity contribution < 1.29 is 14.7 Å². The summed E-state index contributed by atoms with van der Waals surface area (Å²) in [5.41, 5.74) is 5.57. The van der Waals surface area contributed by atoms with E-state index in [1.807, 2.05) is 0 Å². The number of nitrogens with two attached hydrogens (primary N) is 1. The van der Waals surface area contributed by atoms with Gasteiger partial charge >= 0.3 is 0 Å². The Bertz CT molecular complexity index is 469. The van der Waals surface area contributed by atoms with Crippen molar-refractivity contribution in [2.75, 3.05) is 11.4 Å². The number of hydrogen-bond donors (Lipinski definition) is 2. The zero-order valence-electron chi connectivity index (χ0n) is 8.89. The molecule has 1 aliphatic heterocycles. The zero-order chi connectivity index (χ0) is 12.6. The Morgan fingerprint density at radius 3 is 2.76 bits per heavy atom. The average molecular weight is 299 g/mol. The van der Waals surface area contributed by atoms with Gasteiger partial charge in [-0.15, -0.1) is 0 Å². The van der Waals surface area contributed by atoms with Crippen molar-refractivity contribution in [2.24, 2.45) is 11.7 Å². The van der Waals surface area contributed by atoms with Gasteiger partial charge in [0.05, 0.1) is 5.92 Å². The van der Waals surface area contributed by atoms with Crippen LogP contribution in [0.25, 0.3) is 0 Å². The first-order chi connectivity index (χ1) is 8.00. The molecule has 0 spiro atoms. The third kappa shape index (κ3) is 2.12. The predicted molar refractivity (Wildman–Crippen MR) is 65.5 cm³/mol. The Hall–Kier alpha value is -1.56. The van der Waals surface area contributed by atoms with Crippen LogP contribution in [0.4, 0.5) is 5.69 Å². The quantitative estimate of drug-likeness (QED) is 0.854. The number of rotatable bonds is 2. The molecule has 0 aromatic heterocycles. The standard InChI is InChI=1S/C11H11BrN2O3/c12-7-2-1-3-8(15)10(7)14-5-6(11(13)17)4-9(14)16/h1-3,6,15H,4-5H2,(H2,13,17). The highest BCUT2D eigenvalue weighted by molar-refractivity contribution is 9.10. The van der Waals surface area contributed by atoms with Gasteiger partial charge in [-0.25, -0.2) is 0 Å². The topological polar surface area (TPSA) is 83.6 Å². The second-order valence-corrected chi connectivity index (χ2v) is 4.77. The van der Waals surface area contributed by atoms with Crippen LogP contribution >= 0.6 is 15.9 Å². The third-order valence-electron chi connectivity index (χ3n) is 2.76. The third-order valence-corrected chi connectivity index (χ3v) is 3.40. The van der Waals surface area contributed by atoms with E-state index >= 15 is 0 Å². The summed E-state index contributed by atoms with van der Waals surface area (Å²) < 4.78 is 0.607. The summed E-state index contributed by atoms with van der Waals surface area (Å²) in [7, 11) is 0. The number of benzene rings is 1. The number of aromatic hydroxyl groups is 1. The summed E-state index contributed by atoms with van der Waals surface area (Å²) in [4.78, 5) is 24.2. The van der Waals surface area contributed by atoms with E-state index in [-0.39, 0.29) is 24.6 Å². The smallest absolute Gasteiger partial charge is 0.228 e. The van der Waals surface area contributed by atoms with Crippen molar-refractivity contribution >= 4 is 33.4 Å². The molecule has 2 amide bonds. The van der Waals surface area contributed by atoms with Gasteiger partial charge in [0.25, 0.3) is 0 Å². The predicted octanol–water partition coefficient (Wildman–Crippen LogP) is 0.993. The molecule has 3 N–H and O–H groups in total. The van der Waals surface area contributed by atoms with Gasteiger partial charge in [0.15, 0.2) is 0 Å². The van der Waals surface area contributed by atoms with Gasteiger partial charge in [0.1, 0.15) is 11.4 Å². The van der Waals surface area contributed by atoms with Crippen LogP contribution in [0.5, 0.6) is 5.75 Å². The Balaban J connectivity index is 2.35. The maximum Gasteiger partial charge on any atom is 0.228 e. The summed E-state index contributed by atoms with van der Waals surface area (Å²) >= 11 is 3.27. The molecule has 6 heteroatoms. The average Bonchev–Trinajstić information content (AvgIpc) is 2.61. The van der Waals surface area contributed by atoms with Gasteiger partial charge in [-0.1, -0.05) is 6.07 Å². The Morgan fingerprint density at radius 2 is 2.24 bits per heavy atom. The van der Waals surface area contributed by atoms with Crippen LogP contribution in [0, 0.1) is 5.92 Å². The molecule has 0 bridgehead atoms. The summed E-state index contributed by atoms with van der Waals surface area (Å²) in [6.07, 6.45) is 0.0934. The lowest BCUT2D eigenvalue weighted by atomic mass is 10.1. The Labute approximate surface area is 106 Å². The largest absolute Gasteiger partial charge is 0.506 e. The maximum atomic E-state index is 11.8. The molecule has 1 unspecified atom stereocenters. The lowest BCUT2D eigenvalue weighted by molar-refractivity contribution is -0.123. The maximum absolute atomic E-state index is 11.8. The minimum Gasteiger partial charge on any atom is -0.506 e. The molecule has 1 aromatic carbocycles. The van der Waals surface area contributed by atoms with Crippen LogP contribution in [0.1, 0.15) is 6.42 Å². The molecule has 90 valence electrons. The summed E-state index contributed by atoms with van der Waals surface area (Å²) in [6, 6.07) is 4.87. The number of halogens is 1. The first kappa shape index (κ1) is 11.9. The summed E-state index contributed by atoms with van der Waals surface area (Å²) in [5, 5.41) is 9.75. The van der Waals surface area contributed by atoms with Gasteiger partial charge in [0.2, 0.25) is 11.8 Å². The molecule has 1 fully saturated rings. The summed E-state index contributed by atoms with van der Waals surface area (Å²) in [5.74, 6) is -1.20. The number of phenolic OH excluding ortho intramolecular Hbond substituents is 1. The van der Waals surface area contributed by atoms with Crippen LogP contribution in [-0.4, -0.2) is 23.5 Å². The van der Waals surface area contributed by atoms with Crippen LogP contribution < -0.4 is 10.6 Å². The van der Waals surface area contributed by atoms with E-state index in [0.29, 0.717) is 10.2 Å². The molecule has 0 radical (unpaired) electrons. The minimum atomic E-state index is -0.493. The molecule has 0 saturated carbocycles. The van der Waals surface area contributed by atoms with Crippen molar-refractivity contribution in [3.8, 4) is 5.75 Å². The lowest BCUT2D eigenvalue weighted by Gasteiger charge is -2.19. The molecular formula is C11H11BrN2O3. The second-order valence-electron chi connectivity index (χ2n) is 3.92. The van der Waals surface area contributed by atoms with E-state index in [1.54, 1.807) is 12.1 Å². The number of phenols is 1. The number of para-hydroxylation sites is 1. The van der Waals surface area contributed by atoms with Crippen molar-refractivity contribution in [3.63, 3.8) is 0 Å². The van der Waals surface area contributed by atoms with E-state index in [0.717, 1.165) is 0 Å². The first-order valence-electron chi connectivity index (χ1n) is 5.08. The molecule has 2 rings (SSSR count). The number of amides is 2. The first-order valence-corrected chi connectivity index (χ1v) is 5.87.